The Morgan fingerprint density at radius 1 is 1.21 bits per heavy atom. The molecule has 24 heavy (non-hydrogen) atoms. The summed E-state index contributed by atoms with van der Waals surface area (Å²) in [5.41, 5.74) is 1.10. The fourth-order valence-corrected chi connectivity index (χ4v) is 3.07. The van der Waals surface area contributed by atoms with Gasteiger partial charge in [-0.05, 0) is 23.8 Å². The third-order valence-corrected chi connectivity index (χ3v) is 4.35. The third kappa shape index (κ3) is 4.84. The van der Waals surface area contributed by atoms with Crippen molar-refractivity contribution in [2.45, 2.75) is 6.18 Å². The zero-order chi connectivity index (χ0) is 18.0. The minimum absolute atomic E-state index is 0.114. The third-order valence-electron chi connectivity index (χ3n) is 2.79. The van der Waals surface area contributed by atoms with Crippen molar-refractivity contribution < 1.29 is 21.6 Å². The standard InChI is InChI=1S/C14H9ClF3N3O2S/c15-13-4-9(1-2-10(13)5-19)11-3-12(7-20-6-11)21-24(22,23)8-14(16,17)18/h1-4,6-7,21H,8H2. The first-order valence-electron chi connectivity index (χ1n) is 6.32. The second-order valence-corrected chi connectivity index (χ2v) is 6.87. The summed E-state index contributed by atoms with van der Waals surface area (Å²) >= 11 is 5.92. The molecule has 0 unspecified atom stereocenters. The van der Waals surface area contributed by atoms with Crippen molar-refractivity contribution in [1.29, 1.82) is 5.26 Å². The van der Waals surface area contributed by atoms with Crippen LogP contribution >= 0.6 is 11.6 Å². The molecule has 1 aromatic carbocycles. The van der Waals surface area contributed by atoms with Crippen LogP contribution in [0.4, 0.5) is 18.9 Å². The van der Waals surface area contributed by atoms with E-state index in [-0.39, 0.29) is 16.3 Å². The molecule has 0 aliphatic carbocycles. The first-order chi connectivity index (χ1) is 11.1. The van der Waals surface area contributed by atoms with E-state index in [1.165, 1.54) is 24.4 Å². The van der Waals surface area contributed by atoms with Gasteiger partial charge in [-0.2, -0.15) is 18.4 Å². The van der Waals surface area contributed by atoms with E-state index in [1.807, 2.05) is 10.8 Å². The molecule has 0 fully saturated rings. The van der Waals surface area contributed by atoms with Crippen molar-refractivity contribution in [3.8, 4) is 17.2 Å². The molecule has 0 amide bonds. The molecule has 1 aromatic heterocycles. The topological polar surface area (TPSA) is 82.8 Å². The summed E-state index contributed by atoms with van der Waals surface area (Å²) in [4.78, 5) is 3.80. The lowest BCUT2D eigenvalue weighted by atomic mass is 10.1. The van der Waals surface area contributed by atoms with Crippen molar-refractivity contribution in [3.05, 3.63) is 47.2 Å². The van der Waals surface area contributed by atoms with E-state index >= 15 is 0 Å². The Bertz CT molecular complexity index is 908. The average molecular weight is 376 g/mol. The lowest BCUT2D eigenvalue weighted by Gasteiger charge is -2.11. The van der Waals surface area contributed by atoms with Gasteiger partial charge in [0.15, 0.2) is 5.75 Å². The zero-order valence-electron chi connectivity index (χ0n) is 11.8. The molecular weight excluding hydrogens is 367 g/mol. The van der Waals surface area contributed by atoms with Crippen LogP contribution in [0.2, 0.25) is 5.02 Å². The second kappa shape index (κ2) is 6.67. The largest absolute Gasteiger partial charge is 0.404 e. The van der Waals surface area contributed by atoms with E-state index in [2.05, 4.69) is 4.98 Å². The number of hydrogen-bond donors (Lipinski definition) is 1. The SMILES string of the molecule is N#Cc1ccc(-c2cncc(NS(=O)(=O)CC(F)(F)F)c2)cc1Cl. The molecule has 126 valence electrons. The van der Waals surface area contributed by atoms with Crippen LogP contribution in [-0.4, -0.2) is 25.3 Å². The number of rotatable bonds is 4. The van der Waals surface area contributed by atoms with Crippen LogP contribution in [0.15, 0.2) is 36.7 Å². The van der Waals surface area contributed by atoms with Crippen LogP contribution in [0.1, 0.15) is 5.56 Å². The fourth-order valence-electron chi connectivity index (χ4n) is 1.87. The number of halogens is 4. The maximum absolute atomic E-state index is 12.2. The molecule has 1 N–H and O–H groups in total. The molecule has 0 atom stereocenters. The predicted molar refractivity (Wildman–Crippen MR) is 82.9 cm³/mol. The van der Waals surface area contributed by atoms with Crippen LogP contribution < -0.4 is 4.72 Å². The minimum Gasteiger partial charge on any atom is -0.282 e. The number of nitrogens with zero attached hydrogens (tertiary/aromatic N) is 2. The molecule has 0 saturated carbocycles. The van der Waals surface area contributed by atoms with Gasteiger partial charge in [-0.15, -0.1) is 0 Å². The summed E-state index contributed by atoms with van der Waals surface area (Å²) in [7, 11) is -4.59. The number of pyridine rings is 1. The molecule has 10 heteroatoms. The van der Waals surface area contributed by atoms with Gasteiger partial charge < -0.3 is 0 Å². The summed E-state index contributed by atoms with van der Waals surface area (Å²) in [6, 6.07) is 7.72. The smallest absolute Gasteiger partial charge is 0.282 e. The van der Waals surface area contributed by atoms with Crippen LogP contribution in [0.5, 0.6) is 0 Å². The highest BCUT2D eigenvalue weighted by atomic mass is 35.5. The highest BCUT2D eigenvalue weighted by molar-refractivity contribution is 7.92. The first kappa shape index (κ1) is 18.0. The minimum atomic E-state index is -4.85. The number of sulfonamides is 1. The van der Waals surface area contributed by atoms with Gasteiger partial charge in [-0.25, -0.2) is 8.42 Å². The summed E-state index contributed by atoms with van der Waals surface area (Å²) < 4.78 is 61.5. The van der Waals surface area contributed by atoms with E-state index in [9.17, 15) is 21.6 Å². The molecule has 2 aromatic rings. The quantitative estimate of drug-likeness (QED) is 0.885. The van der Waals surface area contributed by atoms with Crippen LogP contribution in [-0.2, 0) is 10.0 Å². The molecule has 0 bridgehead atoms. The lowest BCUT2D eigenvalue weighted by Crippen LogP contribution is -2.27. The summed E-state index contributed by atoms with van der Waals surface area (Å²) in [5, 5.41) is 9.02. The molecular formula is C14H9ClF3N3O2S. The molecule has 0 radical (unpaired) electrons. The number of aromatic nitrogens is 1. The molecule has 0 aliphatic heterocycles. The average Bonchev–Trinajstić information content (AvgIpc) is 2.44. The molecule has 0 aliphatic rings. The van der Waals surface area contributed by atoms with Crippen molar-refractivity contribution in [1.82, 2.24) is 4.98 Å². The normalized spacial score (nSPS) is 11.8. The van der Waals surface area contributed by atoms with Crippen molar-refractivity contribution in [2.24, 2.45) is 0 Å². The van der Waals surface area contributed by atoms with Gasteiger partial charge in [0, 0.05) is 11.8 Å². The van der Waals surface area contributed by atoms with Gasteiger partial charge >= 0.3 is 6.18 Å². The van der Waals surface area contributed by atoms with Gasteiger partial charge in [0.1, 0.15) is 6.07 Å². The fraction of sp³-hybridized carbons (Fsp3) is 0.143. The monoisotopic (exact) mass is 375 g/mol. The van der Waals surface area contributed by atoms with E-state index in [1.54, 1.807) is 6.07 Å². The summed E-state index contributed by atoms with van der Waals surface area (Å²) in [5.74, 6) is -1.99. The van der Waals surface area contributed by atoms with Gasteiger partial charge in [-0.3, -0.25) is 9.71 Å². The number of anilines is 1. The van der Waals surface area contributed by atoms with Gasteiger partial charge in [0.2, 0.25) is 10.0 Å². The van der Waals surface area contributed by atoms with Gasteiger partial charge in [0.25, 0.3) is 0 Å². The Kier molecular flexibility index (Phi) is 5.01. The van der Waals surface area contributed by atoms with Gasteiger partial charge in [0.05, 0.1) is 22.5 Å². The molecule has 5 nitrogen and oxygen atoms in total. The summed E-state index contributed by atoms with van der Waals surface area (Å²) in [6.45, 7) is 0. The Balaban J connectivity index is 2.30. The highest BCUT2D eigenvalue weighted by Gasteiger charge is 2.35. The Hall–Kier alpha value is -2.31. The molecule has 0 spiro atoms. The van der Waals surface area contributed by atoms with Crippen LogP contribution in [0, 0.1) is 11.3 Å². The van der Waals surface area contributed by atoms with Crippen molar-refractivity contribution >= 4 is 27.3 Å². The van der Waals surface area contributed by atoms with E-state index in [0.29, 0.717) is 11.1 Å². The lowest BCUT2D eigenvalue weighted by molar-refractivity contribution is -0.106. The molecule has 1 heterocycles. The maximum atomic E-state index is 12.2. The Morgan fingerprint density at radius 2 is 1.92 bits per heavy atom. The summed E-state index contributed by atoms with van der Waals surface area (Å²) in [6.07, 6.45) is -2.38. The number of hydrogen-bond acceptors (Lipinski definition) is 4. The molecule has 2 rings (SSSR count). The second-order valence-electron chi connectivity index (χ2n) is 4.75. The van der Waals surface area contributed by atoms with Gasteiger partial charge in [-0.1, -0.05) is 17.7 Å². The first-order valence-corrected chi connectivity index (χ1v) is 8.35. The molecule has 0 saturated heterocycles. The van der Waals surface area contributed by atoms with E-state index in [4.69, 9.17) is 16.9 Å². The van der Waals surface area contributed by atoms with E-state index < -0.39 is 22.0 Å². The highest BCUT2D eigenvalue weighted by Crippen LogP contribution is 2.27. The van der Waals surface area contributed by atoms with Crippen LogP contribution in [0.25, 0.3) is 11.1 Å². The Labute approximate surface area is 140 Å². The van der Waals surface area contributed by atoms with Crippen molar-refractivity contribution in [3.63, 3.8) is 0 Å². The van der Waals surface area contributed by atoms with Crippen molar-refractivity contribution in [2.75, 3.05) is 10.5 Å². The predicted octanol–water partition coefficient (Wildman–Crippen LogP) is 3.58. The Morgan fingerprint density at radius 3 is 2.50 bits per heavy atom. The van der Waals surface area contributed by atoms with Crippen LogP contribution in [0.3, 0.4) is 0 Å². The number of benzene rings is 1. The van der Waals surface area contributed by atoms with E-state index in [0.717, 1.165) is 6.20 Å². The number of alkyl halides is 3. The number of nitriles is 1. The maximum Gasteiger partial charge on any atom is 0.404 e. The zero-order valence-corrected chi connectivity index (χ0v) is 13.4. The number of nitrogens with one attached hydrogen (secondary N) is 1.